The Kier molecular flexibility index (Phi) is 6.97. The number of benzene rings is 2. The van der Waals surface area contributed by atoms with E-state index in [0.29, 0.717) is 42.0 Å². The van der Waals surface area contributed by atoms with Gasteiger partial charge in [-0.05, 0) is 42.5 Å². The molecule has 32 heavy (non-hydrogen) atoms. The summed E-state index contributed by atoms with van der Waals surface area (Å²) in [6.45, 7) is 2.40. The lowest BCUT2D eigenvalue weighted by atomic mass is 10.1. The minimum atomic E-state index is -0.0896. The van der Waals surface area contributed by atoms with Crippen LogP contribution in [0, 0.1) is 0 Å². The quantitative estimate of drug-likeness (QED) is 0.535. The van der Waals surface area contributed by atoms with Crippen molar-refractivity contribution in [2.45, 2.75) is 0 Å². The van der Waals surface area contributed by atoms with Gasteiger partial charge in [0.25, 0.3) is 5.91 Å². The van der Waals surface area contributed by atoms with Crippen LogP contribution in [0.5, 0.6) is 11.5 Å². The van der Waals surface area contributed by atoms with Crippen LogP contribution < -0.4 is 14.4 Å². The molecule has 9 heteroatoms. The van der Waals surface area contributed by atoms with Crippen LogP contribution in [0.1, 0.15) is 0 Å². The number of carbonyl (C=O) groups is 1. The Morgan fingerprint density at radius 1 is 0.969 bits per heavy atom. The molecule has 0 unspecified atom stereocenters. The Bertz CT molecular complexity index is 1090. The largest absolute Gasteiger partial charge is 0.496 e. The average Bonchev–Trinajstić information content (AvgIpc) is 2.83. The molecule has 0 aliphatic carbocycles. The number of methoxy groups -OCH3 is 1. The SMILES string of the molecule is COc1ccccc1-c1ccc(N2CCN(C(=O)COc3ccc(Cl)cc3Cl)CC2)nn1. The molecule has 1 aromatic heterocycles. The zero-order valence-corrected chi connectivity index (χ0v) is 19.0. The summed E-state index contributed by atoms with van der Waals surface area (Å²) in [5.74, 6) is 1.88. The van der Waals surface area contributed by atoms with Gasteiger partial charge in [-0.2, -0.15) is 0 Å². The second-order valence-corrected chi connectivity index (χ2v) is 8.05. The molecule has 0 atom stereocenters. The van der Waals surface area contributed by atoms with E-state index in [1.165, 1.54) is 0 Å². The highest BCUT2D eigenvalue weighted by Crippen LogP contribution is 2.29. The van der Waals surface area contributed by atoms with E-state index >= 15 is 0 Å². The van der Waals surface area contributed by atoms with Crippen molar-refractivity contribution >= 4 is 34.9 Å². The fraction of sp³-hybridized carbons (Fsp3) is 0.261. The van der Waals surface area contributed by atoms with E-state index in [9.17, 15) is 4.79 Å². The molecule has 2 heterocycles. The van der Waals surface area contributed by atoms with Gasteiger partial charge >= 0.3 is 0 Å². The first-order valence-corrected chi connectivity index (χ1v) is 10.9. The molecule has 0 spiro atoms. The number of hydrogen-bond acceptors (Lipinski definition) is 6. The van der Waals surface area contributed by atoms with Gasteiger partial charge < -0.3 is 19.3 Å². The second kappa shape index (κ2) is 10.1. The Morgan fingerprint density at radius 3 is 2.44 bits per heavy atom. The molecule has 1 amide bonds. The highest BCUT2D eigenvalue weighted by atomic mass is 35.5. The summed E-state index contributed by atoms with van der Waals surface area (Å²) >= 11 is 12.0. The summed E-state index contributed by atoms with van der Waals surface area (Å²) in [6, 6.07) is 16.5. The fourth-order valence-corrected chi connectivity index (χ4v) is 3.96. The lowest BCUT2D eigenvalue weighted by molar-refractivity contribution is -0.133. The van der Waals surface area contributed by atoms with Gasteiger partial charge in [0.05, 0.1) is 17.8 Å². The molecule has 1 aliphatic heterocycles. The van der Waals surface area contributed by atoms with Crippen LogP contribution in [0.2, 0.25) is 10.0 Å². The van der Waals surface area contributed by atoms with E-state index < -0.39 is 0 Å². The molecule has 166 valence electrons. The lowest BCUT2D eigenvalue weighted by Gasteiger charge is -2.35. The van der Waals surface area contributed by atoms with E-state index in [4.69, 9.17) is 32.7 Å². The summed E-state index contributed by atoms with van der Waals surface area (Å²) in [5, 5.41) is 9.65. The predicted octanol–water partition coefficient (Wildman–Crippen LogP) is 4.19. The van der Waals surface area contributed by atoms with Crippen LogP contribution in [0.4, 0.5) is 5.82 Å². The molecule has 0 N–H and O–H groups in total. The van der Waals surface area contributed by atoms with Crippen molar-refractivity contribution in [2.24, 2.45) is 0 Å². The molecule has 0 bridgehead atoms. The number of piperazine rings is 1. The number of halogens is 2. The number of aromatic nitrogens is 2. The first-order chi connectivity index (χ1) is 15.5. The number of amides is 1. The third-order valence-electron chi connectivity index (χ3n) is 5.23. The summed E-state index contributed by atoms with van der Waals surface area (Å²) in [7, 11) is 1.64. The average molecular weight is 473 g/mol. The first kappa shape index (κ1) is 22.2. The Hall–Kier alpha value is -3.03. The fourth-order valence-electron chi connectivity index (χ4n) is 3.50. The molecule has 4 rings (SSSR count). The van der Waals surface area contributed by atoms with Crippen molar-refractivity contribution in [3.63, 3.8) is 0 Å². The summed E-state index contributed by atoms with van der Waals surface area (Å²) < 4.78 is 11.0. The van der Waals surface area contributed by atoms with E-state index in [-0.39, 0.29) is 12.5 Å². The highest BCUT2D eigenvalue weighted by molar-refractivity contribution is 6.35. The van der Waals surface area contributed by atoms with Gasteiger partial charge in [-0.15, -0.1) is 10.2 Å². The standard InChI is InChI=1S/C23H22Cl2N4O3/c1-31-20-5-3-2-4-17(20)19-7-9-22(27-26-19)28-10-12-29(13-11-28)23(30)15-32-21-8-6-16(24)14-18(21)25/h2-9,14H,10-13,15H2,1H3. The maximum Gasteiger partial charge on any atom is 0.260 e. The van der Waals surface area contributed by atoms with Crippen LogP contribution in [0.15, 0.2) is 54.6 Å². The summed E-state index contributed by atoms with van der Waals surface area (Å²) in [6.07, 6.45) is 0. The van der Waals surface area contributed by atoms with Gasteiger partial charge in [-0.1, -0.05) is 35.3 Å². The number of nitrogens with zero attached hydrogens (tertiary/aromatic N) is 4. The number of hydrogen-bond donors (Lipinski definition) is 0. The number of ether oxygens (including phenoxy) is 2. The molecular formula is C23H22Cl2N4O3. The van der Waals surface area contributed by atoms with Crippen molar-refractivity contribution in [3.8, 4) is 22.8 Å². The van der Waals surface area contributed by atoms with E-state index in [1.54, 1.807) is 30.2 Å². The monoisotopic (exact) mass is 472 g/mol. The topological polar surface area (TPSA) is 67.8 Å². The number of para-hydroxylation sites is 1. The third-order valence-corrected chi connectivity index (χ3v) is 5.77. The van der Waals surface area contributed by atoms with Gasteiger partial charge in [0.2, 0.25) is 0 Å². The molecule has 0 saturated carbocycles. The smallest absolute Gasteiger partial charge is 0.260 e. The van der Waals surface area contributed by atoms with Crippen molar-refractivity contribution in [1.82, 2.24) is 15.1 Å². The van der Waals surface area contributed by atoms with Crippen molar-refractivity contribution in [3.05, 3.63) is 64.6 Å². The van der Waals surface area contributed by atoms with Crippen LogP contribution in [0.25, 0.3) is 11.3 Å². The van der Waals surface area contributed by atoms with Gasteiger partial charge in [-0.25, -0.2) is 0 Å². The lowest BCUT2D eigenvalue weighted by Crippen LogP contribution is -2.50. The van der Waals surface area contributed by atoms with Crippen LogP contribution in [-0.2, 0) is 4.79 Å². The number of anilines is 1. The van der Waals surface area contributed by atoms with Gasteiger partial charge in [0.15, 0.2) is 12.4 Å². The van der Waals surface area contributed by atoms with Crippen molar-refractivity contribution in [2.75, 3.05) is 44.8 Å². The van der Waals surface area contributed by atoms with Crippen molar-refractivity contribution in [1.29, 1.82) is 0 Å². The minimum Gasteiger partial charge on any atom is -0.496 e. The summed E-state index contributed by atoms with van der Waals surface area (Å²) in [4.78, 5) is 16.4. The summed E-state index contributed by atoms with van der Waals surface area (Å²) in [5.41, 5.74) is 1.64. The Labute approximate surface area is 196 Å². The molecule has 1 saturated heterocycles. The molecule has 3 aromatic rings. The normalized spacial score (nSPS) is 13.7. The van der Waals surface area contributed by atoms with Crippen molar-refractivity contribution < 1.29 is 14.3 Å². The van der Waals surface area contributed by atoms with Gasteiger partial charge in [-0.3, -0.25) is 4.79 Å². The molecular weight excluding hydrogens is 451 g/mol. The Balaban J connectivity index is 1.32. The Morgan fingerprint density at radius 2 is 1.75 bits per heavy atom. The van der Waals surface area contributed by atoms with Gasteiger partial charge in [0.1, 0.15) is 11.5 Å². The predicted molar refractivity (Wildman–Crippen MR) is 125 cm³/mol. The van der Waals surface area contributed by atoms with Crippen LogP contribution in [0.3, 0.4) is 0 Å². The first-order valence-electron chi connectivity index (χ1n) is 10.1. The molecule has 1 aliphatic rings. The second-order valence-electron chi connectivity index (χ2n) is 7.21. The van der Waals surface area contributed by atoms with Crippen LogP contribution in [-0.4, -0.2) is 60.9 Å². The highest BCUT2D eigenvalue weighted by Gasteiger charge is 2.23. The van der Waals surface area contributed by atoms with Gasteiger partial charge in [0, 0.05) is 36.8 Å². The number of rotatable bonds is 6. The zero-order chi connectivity index (χ0) is 22.5. The molecule has 7 nitrogen and oxygen atoms in total. The van der Waals surface area contributed by atoms with E-state index in [0.717, 1.165) is 22.8 Å². The minimum absolute atomic E-state index is 0.0746. The van der Waals surface area contributed by atoms with E-state index in [2.05, 4.69) is 15.1 Å². The maximum absolute atomic E-state index is 12.5. The zero-order valence-electron chi connectivity index (χ0n) is 17.5. The molecule has 2 aromatic carbocycles. The molecule has 1 fully saturated rings. The number of carbonyl (C=O) groups excluding carboxylic acids is 1. The third kappa shape index (κ3) is 5.06. The van der Waals surface area contributed by atoms with Crippen LogP contribution >= 0.6 is 23.2 Å². The molecule has 0 radical (unpaired) electrons. The van der Waals surface area contributed by atoms with E-state index in [1.807, 2.05) is 36.4 Å². The maximum atomic E-state index is 12.5.